The molecule has 1 heterocycles. The van der Waals surface area contributed by atoms with Crippen LogP contribution in [0.3, 0.4) is 0 Å². The quantitative estimate of drug-likeness (QED) is 0.896. The highest BCUT2D eigenvalue weighted by Gasteiger charge is 2.34. The van der Waals surface area contributed by atoms with Gasteiger partial charge in [-0.2, -0.15) is 0 Å². The molecule has 1 saturated carbocycles. The first kappa shape index (κ1) is 16.2. The maximum absolute atomic E-state index is 13.9. The fourth-order valence-electron chi connectivity index (χ4n) is 3.81. The van der Waals surface area contributed by atoms with Crippen LogP contribution in [0.25, 0.3) is 0 Å². The van der Waals surface area contributed by atoms with Crippen molar-refractivity contribution in [2.24, 2.45) is 0 Å². The van der Waals surface area contributed by atoms with Crippen LogP contribution in [0.1, 0.15) is 44.9 Å². The van der Waals surface area contributed by atoms with Crippen LogP contribution in [0.4, 0.5) is 10.1 Å². The minimum Gasteiger partial charge on any atom is -0.389 e. The Morgan fingerprint density at radius 1 is 1.30 bits per heavy atom. The molecule has 1 unspecified atom stereocenters. The third-order valence-corrected chi connectivity index (χ3v) is 5.00. The number of halogens is 1. The van der Waals surface area contributed by atoms with Gasteiger partial charge >= 0.3 is 0 Å². The third-order valence-electron chi connectivity index (χ3n) is 5.00. The Balaban J connectivity index is 1.56. The van der Waals surface area contributed by atoms with Crippen LogP contribution in [0.5, 0.6) is 0 Å². The summed E-state index contributed by atoms with van der Waals surface area (Å²) in [6, 6.07) is 6.77. The van der Waals surface area contributed by atoms with Gasteiger partial charge in [0.15, 0.2) is 0 Å². The van der Waals surface area contributed by atoms with Crippen LogP contribution in [-0.2, 0) is 4.79 Å². The van der Waals surface area contributed by atoms with Gasteiger partial charge in [0.2, 0.25) is 5.91 Å². The van der Waals surface area contributed by atoms with Crippen molar-refractivity contribution in [1.29, 1.82) is 0 Å². The molecule has 0 spiro atoms. The summed E-state index contributed by atoms with van der Waals surface area (Å²) in [7, 11) is 0. The number of hydrogen-bond donors (Lipinski definition) is 2. The maximum Gasteiger partial charge on any atom is 0.223 e. The number of aliphatic hydroxyl groups is 1. The van der Waals surface area contributed by atoms with Gasteiger partial charge in [-0.1, -0.05) is 25.0 Å². The molecule has 1 amide bonds. The third kappa shape index (κ3) is 4.02. The van der Waals surface area contributed by atoms with E-state index < -0.39 is 5.60 Å². The van der Waals surface area contributed by atoms with E-state index in [-0.39, 0.29) is 24.2 Å². The summed E-state index contributed by atoms with van der Waals surface area (Å²) in [4.78, 5) is 14.2. The molecular formula is C18H25FN2O2. The van der Waals surface area contributed by atoms with Gasteiger partial charge in [-0.15, -0.1) is 0 Å². The number of carbonyl (C=O) groups excluding carboxylic acids is 1. The molecule has 0 aromatic heterocycles. The first-order valence-corrected chi connectivity index (χ1v) is 8.57. The second-order valence-corrected chi connectivity index (χ2v) is 6.91. The van der Waals surface area contributed by atoms with Crippen LogP contribution in [0.15, 0.2) is 24.3 Å². The van der Waals surface area contributed by atoms with Crippen LogP contribution >= 0.6 is 0 Å². The number of para-hydroxylation sites is 1. The molecule has 23 heavy (non-hydrogen) atoms. The summed E-state index contributed by atoms with van der Waals surface area (Å²) in [6.07, 6.45) is 5.42. The van der Waals surface area contributed by atoms with Gasteiger partial charge in [0.25, 0.3) is 0 Å². The fourth-order valence-corrected chi connectivity index (χ4v) is 3.81. The van der Waals surface area contributed by atoms with Gasteiger partial charge < -0.3 is 15.3 Å². The number of piperidine rings is 1. The van der Waals surface area contributed by atoms with Gasteiger partial charge in [0.1, 0.15) is 5.82 Å². The topological polar surface area (TPSA) is 52.6 Å². The molecule has 1 saturated heterocycles. The van der Waals surface area contributed by atoms with Gasteiger partial charge in [0, 0.05) is 19.1 Å². The molecule has 2 aliphatic rings. The Hall–Kier alpha value is -1.62. The standard InChI is InChI=1S/C18H25FN2O2/c19-15-7-1-2-8-16(15)21-11-5-6-14(13-21)20-17(22)12-18(23)9-3-4-10-18/h1-2,7-8,14,23H,3-6,9-13H2,(H,20,22). The molecule has 2 fully saturated rings. The monoisotopic (exact) mass is 320 g/mol. The minimum absolute atomic E-state index is 0.0147. The molecule has 2 N–H and O–H groups in total. The fraction of sp³-hybridized carbons (Fsp3) is 0.611. The number of anilines is 1. The predicted molar refractivity (Wildman–Crippen MR) is 87.8 cm³/mol. The summed E-state index contributed by atoms with van der Waals surface area (Å²) in [5, 5.41) is 13.4. The van der Waals surface area contributed by atoms with E-state index in [0.29, 0.717) is 25.1 Å². The van der Waals surface area contributed by atoms with Crippen molar-refractivity contribution in [3.05, 3.63) is 30.1 Å². The Morgan fingerprint density at radius 2 is 2.04 bits per heavy atom. The molecule has 1 aromatic carbocycles. The molecule has 1 aliphatic carbocycles. The number of nitrogens with one attached hydrogen (secondary N) is 1. The highest BCUT2D eigenvalue weighted by Crippen LogP contribution is 2.32. The second-order valence-electron chi connectivity index (χ2n) is 6.91. The van der Waals surface area contributed by atoms with Crippen molar-refractivity contribution < 1.29 is 14.3 Å². The number of benzene rings is 1. The highest BCUT2D eigenvalue weighted by atomic mass is 19.1. The Labute approximate surface area is 136 Å². The van der Waals surface area contributed by atoms with E-state index in [4.69, 9.17) is 0 Å². The van der Waals surface area contributed by atoms with Crippen molar-refractivity contribution >= 4 is 11.6 Å². The van der Waals surface area contributed by atoms with E-state index >= 15 is 0 Å². The first-order valence-electron chi connectivity index (χ1n) is 8.57. The zero-order chi connectivity index (χ0) is 16.3. The minimum atomic E-state index is -0.816. The Kier molecular flexibility index (Phi) is 4.85. The van der Waals surface area contributed by atoms with Crippen molar-refractivity contribution in [2.75, 3.05) is 18.0 Å². The summed E-state index contributed by atoms with van der Waals surface area (Å²) in [5.74, 6) is -0.311. The Bertz CT molecular complexity index is 558. The molecule has 4 nitrogen and oxygen atoms in total. The van der Waals surface area contributed by atoms with E-state index in [1.807, 2.05) is 11.0 Å². The molecule has 3 rings (SSSR count). The lowest BCUT2D eigenvalue weighted by molar-refractivity contribution is -0.126. The van der Waals surface area contributed by atoms with Crippen LogP contribution in [0, 0.1) is 5.82 Å². The van der Waals surface area contributed by atoms with Crippen molar-refractivity contribution in [3.8, 4) is 0 Å². The molecule has 1 atom stereocenters. The zero-order valence-corrected chi connectivity index (χ0v) is 13.4. The first-order chi connectivity index (χ1) is 11.1. The number of hydrogen-bond acceptors (Lipinski definition) is 3. The van der Waals surface area contributed by atoms with Gasteiger partial charge in [0.05, 0.1) is 17.7 Å². The lowest BCUT2D eigenvalue weighted by Crippen LogP contribution is -2.49. The Morgan fingerprint density at radius 3 is 2.78 bits per heavy atom. The number of rotatable bonds is 4. The normalized spacial score (nSPS) is 23.7. The molecular weight excluding hydrogens is 295 g/mol. The molecule has 0 bridgehead atoms. The smallest absolute Gasteiger partial charge is 0.223 e. The summed E-state index contributed by atoms with van der Waals surface area (Å²) in [6.45, 7) is 1.42. The molecule has 126 valence electrons. The number of nitrogens with zero attached hydrogens (tertiary/aromatic N) is 1. The van der Waals surface area contributed by atoms with Gasteiger partial charge in [-0.3, -0.25) is 4.79 Å². The zero-order valence-electron chi connectivity index (χ0n) is 13.4. The van der Waals surface area contributed by atoms with Gasteiger partial charge in [-0.05, 0) is 37.8 Å². The van der Waals surface area contributed by atoms with Crippen LogP contribution in [-0.4, -0.2) is 35.7 Å². The van der Waals surface area contributed by atoms with Crippen molar-refractivity contribution in [3.63, 3.8) is 0 Å². The number of carbonyl (C=O) groups is 1. The van der Waals surface area contributed by atoms with E-state index in [1.54, 1.807) is 12.1 Å². The molecule has 0 radical (unpaired) electrons. The van der Waals surface area contributed by atoms with Crippen molar-refractivity contribution in [1.82, 2.24) is 5.32 Å². The van der Waals surface area contributed by atoms with Crippen LogP contribution in [0.2, 0.25) is 0 Å². The summed E-state index contributed by atoms with van der Waals surface area (Å²) < 4.78 is 13.9. The summed E-state index contributed by atoms with van der Waals surface area (Å²) >= 11 is 0. The SMILES string of the molecule is O=C(CC1(O)CCCC1)NC1CCCN(c2ccccc2F)C1. The van der Waals surface area contributed by atoms with Crippen LogP contribution < -0.4 is 10.2 Å². The number of amides is 1. The highest BCUT2D eigenvalue weighted by molar-refractivity contribution is 5.77. The molecule has 5 heteroatoms. The summed E-state index contributed by atoms with van der Waals surface area (Å²) in [5.41, 5.74) is -0.217. The van der Waals surface area contributed by atoms with E-state index in [2.05, 4.69) is 5.32 Å². The average Bonchev–Trinajstić information content (AvgIpc) is 2.94. The maximum atomic E-state index is 13.9. The van der Waals surface area contributed by atoms with E-state index in [1.165, 1.54) is 6.07 Å². The molecule has 1 aromatic rings. The predicted octanol–water partition coefficient (Wildman–Crippen LogP) is 2.61. The lowest BCUT2D eigenvalue weighted by atomic mass is 9.97. The largest absolute Gasteiger partial charge is 0.389 e. The van der Waals surface area contributed by atoms with Crippen molar-refractivity contribution in [2.45, 2.75) is 56.6 Å². The van der Waals surface area contributed by atoms with E-state index in [0.717, 1.165) is 32.2 Å². The molecule has 1 aliphatic heterocycles. The lowest BCUT2D eigenvalue weighted by Gasteiger charge is -2.35. The average molecular weight is 320 g/mol. The second kappa shape index (κ2) is 6.87. The van der Waals surface area contributed by atoms with Gasteiger partial charge in [-0.25, -0.2) is 4.39 Å². The van der Waals surface area contributed by atoms with E-state index in [9.17, 15) is 14.3 Å².